The number of ether oxygens (including phenoxy) is 2. The van der Waals surface area contributed by atoms with E-state index in [2.05, 4.69) is 35.9 Å². The van der Waals surface area contributed by atoms with Gasteiger partial charge in [-0.05, 0) is 68.3 Å². The third-order valence-corrected chi connectivity index (χ3v) is 7.17. The number of carbonyl (C=O) groups is 1. The molecule has 0 aliphatic heterocycles. The van der Waals surface area contributed by atoms with Crippen LogP contribution in [0.15, 0.2) is 53.7 Å². The van der Waals surface area contributed by atoms with Crippen LogP contribution in [0.2, 0.25) is 0 Å². The van der Waals surface area contributed by atoms with Crippen LogP contribution in [-0.4, -0.2) is 42.0 Å². The lowest BCUT2D eigenvalue weighted by molar-refractivity contribution is -0.121. The Morgan fingerprint density at radius 1 is 0.889 bits per heavy atom. The Bertz CT molecular complexity index is 1080. The summed E-state index contributed by atoms with van der Waals surface area (Å²) in [5.74, 6) is 2.62. The number of hydrogen-bond acceptors (Lipinski definition) is 5. The SMILES string of the molecule is CCCCCCNC(=O)CCCSc1nc(-c2ccc(OC)cc2)c(-c2ccc(OC)cc2)n1CC. The van der Waals surface area contributed by atoms with E-state index in [0.29, 0.717) is 6.42 Å². The van der Waals surface area contributed by atoms with Gasteiger partial charge >= 0.3 is 0 Å². The molecule has 3 rings (SSSR count). The molecule has 2 aromatic carbocycles. The Morgan fingerprint density at radius 3 is 2.11 bits per heavy atom. The fourth-order valence-corrected chi connectivity index (χ4v) is 5.10. The topological polar surface area (TPSA) is 65.4 Å². The summed E-state index contributed by atoms with van der Waals surface area (Å²) in [6.07, 6.45) is 6.04. The summed E-state index contributed by atoms with van der Waals surface area (Å²) in [7, 11) is 3.35. The van der Waals surface area contributed by atoms with E-state index in [-0.39, 0.29) is 5.91 Å². The van der Waals surface area contributed by atoms with Crippen LogP contribution in [0.1, 0.15) is 52.4 Å². The number of amides is 1. The first-order chi connectivity index (χ1) is 17.6. The standard InChI is InChI=1S/C29H39N3O3S/c1-5-7-8-9-20-30-26(33)11-10-21-36-29-31-27(22-12-16-24(34-3)17-13-22)28(32(29)6-2)23-14-18-25(35-4)19-15-23/h12-19H,5-11,20-21H2,1-4H3,(H,30,33). The Hall–Kier alpha value is -2.93. The van der Waals surface area contributed by atoms with Gasteiger partial charge in [0.2, 0.25) is 5.91 Å². The van der Waals surface area contributed by atoms with E-state index in [9.17, 15) is 4.79 Å². The molecule has 0 aliphatic rings. The highest BCUT2D eigenvalue weighted by molar-refractivity contribution is 7.99. The van der Waals surface area contributed by atoms with Gasteiger partial charge < -0.3 is 19.4 Å². The predicted octanol–water partition coefficient (Wildman–Crippen LogP) is 6.82. The summed E-state index contributed by atoms with van der Waals surface area (Å²) >= 11 is 1.71. The van der Waals surface area contributed by atoms with E-state index in [1.165, 1.54) is 19.3 Å². The lowest BCUT2D eigenvalue weighted by atomic mass is 10.0. The zero-order chi connectivity index (χ0) is 25.8. The van der Waals surface area contributed by atoms with E-state index in [1.54, 1.807) is 26.0 Å². The number of nitrogens with one attached hydrogen (secondary N) is 1. The first kappa shape index (κ1) is 27.7. The van der Waals surface area contributed by atoms with Crippen molar-refractivity contribution in [3.63, 3.8) is 0 Å². The van der Waals surface area contributed by atoms with Crippen LogP contribution in [0.3, 0.4) is 0 Å². The summed E-state index contributed by atoms with van der Waals surface area (Å²) in [5, 5.41) is 4.01. The number of thioether (sulfide) groups is 1. The smallest absolute Gasteiger partial charge is 0.220 e. The highest BCUT2D eigenvalue weighted by atomic mass is 32.2. The van der Waals surface area contributed by atoms with Gasteiger partial charge in [-0.25, -0.2) is 4.98 Å². The molecule has 0 radical (unpaired) electrons. The Morgan fingerprint density at radius 2 is 1.53 bits per heavy atom. The van der Waals surface area contributed by atoms with Gasteiger partial charge in [0, 0.05) is 36.4 Å². The van der Waals surface area contributed by atoms with Crippen LogP contribution in [0.4, 0.5) is 0 Å². The second-order valence-electron chi connectivity index (χ2n) is 8.66. The van der Waals surface area contributed by atoms with Gasteiger partial charge in [-0.3, -0.25) is 4.79 Å². The van der Waals surface area contributed by atoms with Crippen molar-refractivity contribution < 1.29 is 14.3 Å². The zero-order valence-corrected chi connectivity index (χ0v) is 22.8. The lowest BCUT2D eigenvalue weighted by Gasteiger charge is -2.11. The van der Waals surface area contributed by atoms with Gasteiger partial charge in [0.25, 0.3) is 0 Å². The van der Waals surface area contributed by atoms with Crippen LogP contribution in [0.5, 0.6) is 11.5 Å². The fraction of sp³-hybridized carbons (Fsp3) is 0.448. The summed E-state index contributed by atoms with van der Waals surface area (Å²) in [6.45, 7) is 5.91. The van der Waals surface area contributed by atoms with Gasteiger partial charge in [0.15, 0.2) is 5.16 Å². The van der Waals surface area contributed by atoms with Gasteiger partial charge in [-0.1, -0.05) is 37.9 Å². The van der Waals surface area contributed by atoms with Crippen LogP contribution in [0.25, 0.3) is 22.5 Å². The van der Waals surface area contributed by atoms with E-state index in [4.69, 9.17) is 14.5 Å². The highest BCUT2D eigenvalue weighted by Gasteiger charge is 2.20. The van der Waals surface area contributed by atoms with Crippen molar-refractivity contribution in [3.05, 3.63) is 48.5 Å². The number of rotatable bonds is 15. The van der Waals surface area contributed by atoms with Gasteiger partial charge in [0.05, 0.1) is 25.6 Å². The predicted molar refractivity (Wildman–Crippen MR) is 149 cm³/mol. The number of methoxy groups -OCH3 is 2. The average Bonchev–Trinajstić information content (AvgIpc) is 3.29. The second kappa shape index (κ2) is 14.6. The molecule has 194 valence electrons. The first-order valence-corrected chi connectivity index (χ1v) is 13.9. The number of nitrogens with zero attached hydrogens (tertiary/aromatic N) is 2. The molecule has 1 N–H and O–H groups in total. The van der Waals surface area contributed by atoms with Crippen molar-refractivity contribution in [1.82, 2.24) is 14.9 Å². The maximum absolute atomic E-state index is 12.2. The van der Waals surface area contributed by atoms with E-state index in [0.717, 1.165) is 70.9 Å². The lowest BCUT2D eigenvalue weighted by Crippen LogP contribution is -2.24. The summed E-state index contributed by atoms with van der Waals surface area (Å²) in [6, 6.07) is 16.1. The van der Waals surface area contributed by atoms with Crippen LogP contribution >= 0.6 is 11.8 Å². The minimum Gasteiger partial charge on any atom is -0.497 e. The number of imidazole rings is 1. The van der Waals surface area contributed by atoms with Crippen molar-refractivity contribution >= 4 is 17.7 Å². The van der Waals surface area contributed by atoms with Crippen molar-refractivity contribution in [1.29, 1.82) is 0 Å². The molecular formula is C29H39N3O3S. The van der Waals surface area contributed by atoms with Crippen molar-refractivity contribution in [2.75, 3.05) is 26.5 Å². The Labute approximate surface area is 219 Å². The Kier molecular flexibility index (Phi) is 11.2. The van der Waals surface area contributed by atoms with Crippen molar-refractivity contribution in [2.45, 2.75) is 64.1 Å². The normalized spacial score (nSPS) is 10.9. The summed E-state index contributed by atoms with van der Waals surface area (Å²) < 4.78 is 13.0. The third-order valence-electron chi connectivity index (χ3n) is 6.11. The summed E-state index contributed by atoms with van der Waals surface area (Å²) in [4.78, 5) is 17.3. The number of aromatic nitrogens is 2. The number of unbranched alkanes of at least 4 members (excludes halogenated alkanes) is 3. The van der Waals surface area contributed by atoms with E-state index < -0.39 is 0 Å². The molecule has 0 aliphatic carbocycles. The number of benzene rings is 2. The van der Waals surface area contributed by atoms with Crippen LogP contribution in [-0.2, 0) is 11.3 Å². The van der Waals surface area contributed by atoms with Gasteiger partial charge in [0.1, 0.15) is 11.5 Å². The quantitative estimate of drug-likeness (QED) is 0.180. The molecular weight excluding hydrogens is 470 g/mol. The number of hydrogen-bond donors (Lipinski definition) is 1. The maximum atomic E-state index is 12.2. The van der Waals surface area contributed by atoms with Crippen molar-refractivity contribution in [3.8, 4) is 34.0 Å². The van der Waals surface area contributed by atoms with Crippen LogP contribution in [0, 0.1) is 0 Å². The largest absolute Gasteiger partial charge is 0.497 e. The molecule has 0 unspecified atom stereocenters. The molecule has 3 aromatic rings. The van der Waals surface area contributed by atoms with Crippen molar-refractivity contribution in [2.24, 2.45) is 0 Å². The molecule has 0 saturated carbocycles. The molecule has 36 heavy (non-hydrogen) atoms. The van der Waals surface area contributed by atoms with E-state index >= 15 is 0 Å². The molecule has 0 bridgehead atoms. The molecule has 1 amide bonds. The highest BCUT2D eigenvalue weighted by Crippen LogP contribution is 2.37. The molecule has 0 spiro atoms. The summed E-state index contributed by atoms with van der Waals surface area (Å²) in [5.41, 5.74) is 4.15. The molecule has 1 heterocycles. The van der Waals surface area contributed by atoms with Gasteiger partial charge in [-0.15, -0.1) is 0 Å². The van der Waals surface area contributed by atoms with Crippen LogP contribution < -0.4 is 14.8 Å². The zero-order valence-electron chi connectivity index (χ0n) is 22.0. The average molecular weight is 510 g/mol. The monoisotopic (exact) mass is 509 g/mol. The molecule has 0 atom stereocenters. The molecule has 7 heteroatoms. The fourth-order valence-electron chi connectivity index (χ4n) is 4.09. The molecule has 0 fully saturated rings. The maximum Gasteiger partial charge on any atom is 0.220 e. The Balaban J connectivity index is 1.74. The molecule has 6 nitrogen and oxygen atoms in total. The first-order valence-electron chi connectivity index (χ1n) is 12.9. The van der Waals surface area contributed by atoms with Gasteiger partial charge in [-0.2, -0.15) is 0 Å². The number of carbonyl (C=O) groups excluding carboxylic acids is 1. The third kappa shape index (κ3) is 7.53. The van der Waals surface area contributed by atoms with E-state index in [1.807, 2.05) is 36.4 Å². The minimum atomic E-state index is 0.142. The molecule has 1 aromatic heterocycles. The second-order valence-corrected chi connectivity index (χ2v) is 9.72. The molecule has 0 saturated heterocycles. The minimum absolute atomic E-state index is 0.142.